The summed E-state index contributed by atoms with van der Waals surface area (Å²) in [4.78, 5) is 19.5. The molecule has 2 amide bonds. The van der Waals surface area contributed by atoms with Crippen LogP contribution in [-0.2, 0) is 17.4 Å². The van der Waals surface area contributed by atoms with Crippen LogP contribution in [0.25, 0.3) is 0 Å². The Bertz CT molecular complexity index is 1060. The zero-order valence-corrected chi connectivity index (χ0v) is 19.9. The Morgan fingerprint density at radius 3 is 2.21 bits per heavy atom. The van der Waals surface area contributed by atoms with E-state index in [0.717, 1.165) is 10.5 Å². The van der Waals surface area contributed by atoms with Crippen LogP contribution in [0.3, 0.4) is 0 Å². The molecule has 2 aromatic rings. The Labute approximate surface area is 196 Å². The molecule has 1 aromatic carbocycles. The number of halogens is 5. The smallest absolute Gasteiger partial charge is 0.330 e. The monoisotopic (exact) mass is 500 g/mol. The fraction of sp³-hybridized carbons (Fsp3) is 0.478. The summed E-state index contributed by atoms with van der Waals surface area (Å²) in [5.74, 6) is 0. The molecule has 1 unspecified atom stereocenters. The number of pyridine rings is 1. The minimum atomic E-state index is -4.93. The topological polar surface area (TPSA) is 48.5 Å². The fourth-order valence-corrected chi connectivity index (χ4v) is 5.30. The van der Waals surface area contributed by atoms with Crippen molar-refractivity contribution in [3.05, 3.63) is 59.4 Å². The van der Waals surface area contributed by atoms with Gasteiger partial charge in [-0.15, -0.1) is 0 Å². The molecule has 2 aliphatic rings. The molecule has 1 N–H and O–H groups in total. The van der Waals surface area contributed by atoms with Crippen LogP contribution in [0.1, 0.15) is 42.5 Å². The number of rotatable bonds is 4. The molecule has 11 heteroatoms. The Kier molecular flexibility index (Phi) is 6.13. The second-order valence-corrected chi connectivity index (χ2v) is 10.0. The van der Waals surface area contributed by atoms with Gasteiger partial charge in [-0.3, -0.25) is 14.8 Å². The van der Waals surface area contributed by atoms with Crippen molar-refractivity contribution in [2.45, 2.75) is 48.6 Å². The van der Waals surface area contributed by atoms with E-state index in [1.807, 2.05) is 32.3 Å². The molecule has 2 heterocycles. The lowest BCUT2D eigenvalue weighted by atomic mass is 9.69. The van der Waals surface area contributed by atoms with Crippen LogP contribution in [0, 0.1) is 0 Å². The third-order valence-electron chi connectivity index (χ3n) is 7.10. The van der Waals surface area contributed by atoms with Crippen LogP contribution >= 0.6 is 9.24 Å². The van der Waals surface area contributed by atoms with Crippen LogP contribution in [-0.4, -0.2) is 42.1 Å². The molecule has 1 saturated heterocycles. The average molecular weight is 500 g/mol. The number of aromatic nitrogens is 1. The van der Waals surface area contributed by atoms with Gasteiger partial charge < -0.3 is 5.32 Å². The molecule has 1 saturated carbocycles. The minimum absolute atomic E-state index is 0.00546. The van der Waals surface area contributed by atoms with Crippen molar-refractivity contribution in [2.75, 3.05) is 25.5 Å². The Balaban J connectivity index is 1.62. The van der Waals surface area contributed by atoms with Gasteiger partial charge in [0.05, 0.1) is 29.5 Å². The van der Waals surface area contributed by atoms with Gasteiger partial charge in [0.25, 0.3) is 5.66 Å². The summed E-state index contributed by atoms with van der Waals surface area (Å²) in [6.07, 6.45) is -1.72. The van der Waals surface area contributed by atoms with Crippen LogP contribution in [0.4, 0.5) is 32.4 Å². The summed E-state index contributed by atoms with van der Waals surface area (Å²) in [7, 11) is 5.17. The zero-order valence-electron chi connectivity index (χ0n) is 18.8. The van der Waals surface area contributed by atoms with Crippen molar-refractivity contribution in [1.82, 2.24) is 15.2 Å². The van der Waals surface area contributed by atoms with E-state index in [-0.39, 0.29) is 12.1 Å². The van der Waals surface area contributed by atoms with Crippen molar-refractivity contribution in [3.8, 4) is 0 Å². The first-order chi connectivity index (χ1) is 15.8. The van der Waals surface area contributed by atoms with Gasteiger partial charge in [-0.05, 0) is 51.4 Å². The number of hydrogen-bond acceptors (Lipinski definition) is 3. The van der Waals surface area contributed by atoms with E-state index in [1.165, 1.54) is 9.24 Å². The van der Waals surface area contributed by atoms with E-state index in [2.05, 4.69) is 27.3 Å². The molecule has 1 aliphatic heterocycles. The largest absolute Gasteiger partial charge is 0.418 e. The molecule has 1 atom stereocenters. The van der Waals surface area contributed by atoms with Gasteiger partial charge in [0.1, 0.15) is 5.69 Å². The quantitative estimate of drug-likeness (QED) is 0.457. The number of nitrogens with zero attached hydrogens (tertiary/aromatic N) is 3. The molecule has 1 aliphatic carbocycles. The maximum Gasteiger partial charge on any atom is 0.418 e. The first-order valence-electron chi connectivity index (χ1n) is 10.8. The van der Waals surface area contributed by atoms with E-state index in [0.29, 0.717) is 37.9 Å². The van der Waals surface area contributed by atoms with Gasteiger partial charge in [0, 0.05) is 5.54 Å². The molecular formula is C23H26F5N4OP. The summed E-state index contributed by atoms with van der Waals surface area (Å²) in [5, 5.41) is 2.89. The van der Waals surface area contributed by atoms with Crippen LogP contribution in [0.2, 0.25) is 0 Å². The highest BCUT2D eigenvalue weighted by Crippen LogP contribution is 2.48. The fourth-order valence-electron chi connectivity index (χ4n) is 5.14. The highest BCUT2D eigenvalue weighted by molar-refractivity contribution is 7.17. The molecule has 4 rings (SSSR count). The molecule has 0 bridgehead atoms. The van der Waals surface area contributed by atoms with Crippen LogP contribution in [0.15, 0.2) is 42.6 Å². The number of carbonyl (C=O) groups is 1. The lowest BCUT2D eigenvalue weighted by Gasteiger charge is -2.48. The highest BCUT2D eigenvalue weighted by atomic mass is 31.0. The summed E-state index contributed by atoms with van der Waals surface area (Å²) >= 11 is 0. The normalized spacial score (nSPS) is 25.8. The number of alkyl halides is 5. The molecule has 184 valence electrons. The van der Waals surface area contributed by atoms with E-state index in [1.54, 1.807) is 0 Å². The van der Waals surface area contributed by atoms with E-state index >= 15 is 0 Å². The number of nitrogens with one attached hydrogen (secondary N) is 1. The van der Waals surface area contributed by atoms with Crippen molar-refractivity contribution in [1.29, 1.82) is 0 Å². The summed E-state index contributed by atoms with van der Waals surface area (Å²) in [6.45, 7) is 0.00546. The standard InChI is InChI=1S/C23H26F5N4OP/c1-31(2)21(15-6-4-3-5-7-15)10-8-20(9-11-21)14-32(19(33)30-20)17-13-29-18(23(27,28)34)12-16(17)22(24,25)26/h3-7,12-13H,8-11,14,34H2,1-2H3,(H,30,33)/t20-,21+. The first-order valence-corrected chi connectivity index (χ1v) is 11.4. The van der Waals surface area contributed by atoms with Crippen LogP contribution in [0.5, 0.6) is 0 Å². The molecule has 5 nitrogen and oxygen atoms in total. The predicted octanol–water partition coefficient (Wildman–Crippen LogP) is 5.32. The molecule has 1 aromatic heterocycles. The van der Waals surface area contributed by atoms with E-state index < -0.39 is 40.4 Å². The summed E-state index contributed by atoms with van der Waals surface area (Å²) in [6, 6.07) is 9.62. The van der Waals surface area contributed by atoms with Crippen molar-refractivity contribution in [2.24, 2.45) is 0 Å². The van der Waals surface area contributed by atoms with E-state index in [9.17, 15) is 26.7 Å². The second-order valence-electron chi connectivity index (χ2n) is 9.30. The Morgan fingerprint density at radius 1 is 1.06 bits per heavy atom. The van der Waals surface area contributed by atoms with Gasteiger partial charge in [-0.1, -0.05) is 39.6 Å². The highest BCUT2D eigenvalue weighted by Gasteiger charge is 2.51. The number of hydrogen-bond donors (Lipinski definition) is 1. The average Bonchev–Trinajstić information content (AvgIpc) is 3.09. The Morgan fingerprint density at radius 2 is 1.68 bits per heavy atom. The first kappa shape index (κ1) is 24.8. The minimum Gasteiger partial charge on any atom is -0.330 e. The summed E-state index contributed by atoms with van der Waals surface area (Å²) in [5.41, 5.74) is -6.30. The lowest BCUT2D eigenvalue weighted by molar-refractivity contribution is -0.137. The number of carbonyl (C=O) groups excluding carboxylic acids is 1. The molecule has 34 heavy (non-hydrogen) atoms. The number of urea groups is 1. The third-order valence-corrected chi connectivity index (χ3v) is 7.40. The maximum atomic E-state index is 13.8. The van der Waals surface area contributed by atoms with Gasteiger partial charge in [-0.2, -0.15) is 22.0 Å². The van der Waals surface area contributed by atoms with E-state index in [4.69, 9.17) is 0 Å². The molecule has 0 radical (unpaired) electrons. The maximum absolute atomic E-state index is 13.8. The predicted molar refractivity (Wildman–Crippen MR) is 122 cm³/mol. The lowest BCUT2D eigenvalue weighted by Crippen LogP contribution is -2.54. The number of benzene rings is 1. The van der Waals surface area contributed by atoms with Gasteiger partial charge >= 0.3 is 12.2 Å². The Hall–Kier alpha value is -2.32. The summed E-state index contributed by atoms with van der Waals surface area (Å²) < 4.78 is 68.5. The van der Waals surface area contributed by atoms with Gasteiger partial charge in [0.15, 0.2) is 0 Å². The second kappa shape index (κ2) is 8.41. The number of amides is 2. The van der Waals surface area contributed by atoms with Gasteiger partial charge in [-0.25, -0.2) is 4.79 Å². The molecule has 1 spiro atoms. The third kappa shape index (κ3) is 4.38. The SMILES string of the molecule is CN(C)[C@]1(c2ccccc2)CC[C@]2(CC1)CN(c1cnc(C(F)(F)P)cc1C(F)(F)F)C(=O)N2. The van der Waals surface area contributed by atoms with Crippen molar-refractivity contribution in [3.63, 3.8) is 0 Å². The zero-order chi connectivity index (χ0) is 24.9. The molecule has 2 fully saturated rings. The van der Waals surface area contributed by atoms with Crippen molar-refractivity contribution < 1.29 is 26.7 Å². The van der Waals surface area contributed by atoms with Crippen molar-refractivity contribution >= 4 is 21.0 Å². The van der Waals surface area contributed by atoms with Gasteiger partial charge in [0.2, 0.25) is 0 Å². The number of anilines is 1. The molecular weight excluding hydrogens is 474 g/mol. The van der Waals surface area contributed by atoms with Crippen LogP contribution < -0.4 is 10.2 Å².